The molecule has 0 saturated heterocycles. The maximum absolute atomic E-state index is 6.04. The topological polar surface area (TPSA) is 9.23 Å². The van der Waals surface area contributed by atoms with Gasteiger partial charge in [0.1, 0.15) is 11.9 Å². The van der Waals surface area contributed by atoms with Gasteiger partial charge in [-0.2, -0.15) is 0 Å². The van der Waals surface area contributed by atoms with Gasteiger partial charge in [-0.25, -0.2) is 0 Å². The van der Waals surface area contributed by atoms with Crippen LogP contribution < -0.4 is 4.74 Å². The first-order valence-electron chi connectivity index (χ1n) is 4.24. The molecule has 70 valence electrons. The molecule has 0 aliphatic carbocycles. The van der Waals surface area contributed by atoms with Crippen molar-refractivity contribution in [3.63, 3.8) is 0 Å². The molecule has 0 fully saturated rings. The number of alkyl halides is 1. The van der Waals surface area contributed by atoms with Gasteiger partial charge < -0.3 is 4.74 Å². The van der Waals surface area contributed by atoms with Gasteiger partial charge in [0.25, 0.3) is 0 Å². The summed E-state index contributed by atoms with van der Waals surface area (Å²) in [5.74, 6) is 1.34. The molecule has 1 aromatic carbocycles. The van der Waals surface area contributed by atoms with E-state index < -0.39 is 0 Å². The summed E-state index contributed by atoms with van der Waals surface area (Å²) >= 11 is 11.8. The molecular weight excluding hydrogens is 207 g/mol. The number of rotatable bonds is 1. The van der Waals surface area contributed by atoms with Crippen LogP contribution >= 0.6 is 23.2 Å². The van der Waals surface area contributed by atoms with Gasteiger partial charge in [0.15, 0.2) is 0 Å². The minimum Gasteiger partial charge on any atom is -0.489 e. The highest BCUT2D eigenvalue weighted by Crippen LogP contribution is 2.37. The fourth-order valence-electron chi connectivity index (χ4n) is 1.63. The van der Waals surface area contributed by atoms with Crippen molar-refractivity contribution in [1.29, 1.82) is 0 Å². The summed E-state index contributed by atoms with van der Waals surface area (Å²) in [6.45, 7) is 2.04. The van der Waals surface area contributed by atoms with Crippen LogP contribution in [-0.2, 0) is 12.3 Å². The van der Waals surface area contributed by atoms with Crippen molar-refractivity contribution in [2.75, 3.05) is 0 Å². The molecule has 1 aromatic rings. The van der Waals surface area contributed by atoms with E-state index >= 15 is 0 Å². The van der Waals surface area contributed by atoms with Crippen molar-refractivity contribution in [3.8, 4) is 5.75 Å². The van der Waals surface area contributed by atoms with Crippen LogP contribution in [0.1, 0.15) is 18.1 Å². The van der Waals surface area contributed by atoms with E-state index in [1.165, 1.54) is 5.56 Å². The number of hydrogen-bond donors (Lipinski definition) is 0. The lowest BCUT2D eigenvalue weighted by molar-refractivity contribution is 0.255. The molecule has 0 bridgehead atoms. The molecule has 0 unspecified atom stereocenters. The van der Waals surface area contributed by atoms with Crippen LogP contribution in [0.15, 0.2) is 12.1 Å². The largest absolute Gasteiger partial charge is 0.489 e. The quantitative estimate of drug-likeness (QED) is 0.655. The van der Waals surface area contributed by atoms with E-state index in [1.54, 1.807) is 0 Å². The fourth-order valence-corrected chi connectivity index (χ4v) is 2.09. The third-order valence-electron chi connectivity index (χ3n) is 2.16. The Morgan fingerprint density at radius 2 is 2.31 bits per heavy atom. The smallest absolute Gasteiger partial charge is 0.141 e. The summed E-state index contributed by atoms with van der Waals surface area (Å²) in [7, 11) is 0. The number of benzene rings is 1. The summed E-state index contributed by atoms with van der Waals surface area (Å²) < 4.78 is 5.56. The summed E-state index contributed by atoms with van der Waals surface area (Å²) in [4.78, 5) is 0. The Balaban J connectivity index is 2.46. The molecule has 1 aliphatic rings. The van der Waals surface area contributed by atoms with E-state index in [2.05, 4.69) is 6.07 Å². The molecule has 2 rings (SSSR count). The fraction of sp³-hybridized carbons (Fsp3) is 0.400. The first-order valence-corrected chi connectivity index (χ1v) is 5.16. The third kappa shape index (κ3) is 1.63. The van der Waals surface area contributed by atoms with Crippen LogP contribution in [0.3, 0.4) is 0 Å². The normalized spacial score (nSPS) is 19.8. The molecule has 1 aliphatic heterocycles. The number of fused-ring (bicyclic) bond motifs is 1. The second-order valence-electron chi connectivity index (χ2n) is 3.33. The predicted octanol–water partition coefficient (Wildman–Crippen LogP) is 3.40. The Labute approximate surface area is 87.6 Å². The van der Waals surface area contributed by atoms with Gasteiger partial charge in [-0.1, -0.05) is 17.7 Å². The zero-order chi connectivity index (χ0) is 9.42. The van der Waals surface area contributed by atoms with Gasteiger partial charge in [-0.05, 0) is 24.1 Å². The summed E-state index contributed by atoms with van der Waals surface area (Å²) in [5, 5.41) is 0.678. The van der Waals surface area contributed by atoms with Crippen LogP contribution in [0.4, 0.5) is 0 Å². The van der Waals surface area contributed by atoms with Gasteiger partial charge >= 0.3 is 0 Å². The molecule has 0 saturated carbocycles. The molecule has 1 heterocycles. The van der Waals surface area contributed by atoms with Gasteiger partial charge in [0, 0.05) is 12.3 Å². The van der Waals surface area contributed by atoms with Crippen LogP contribution in [0.5, 0.6) is 5.75 Å². The first-order chi connectivity index (χ1) is 6.20. The maximum Gasteiger partial charge on any atom is 0.141 e. The van der Waals surface area contributed by atoms with Crippen LogP contribution in [0, 0.1) is 0 Å². The standard InChI is InChI=1S/C10H10Cl2O/c1-6-2-8-3-7(5-11)4-9(12)10(8)13-6/h3-4,6H,2,5H2,1H3/t6-/m0/s1. The van der Waals surface area contributed by atoms with Crippen molar-refractivity contribution in [2.45, 2.75) is 25.3 Å². The monoisotopic (exact) mass is 216 g/mol. The van der Waals surface area contributed by atoms with Gasteiger partial charge in [-0.15, -0.1) is 11.6 Å². The zero-order valence-corrected chi connectivity index (χ0v) is 8.82. The number of halogens is 2. The SMILES string of the molecule is C[C@H]1Cc2cc(CCl)cc(Cl)c2O1. The van der Waals surface area contributed by atoms with E-state index in [0.717, 1.165) is 17.7 Å². The maximum atomic E-state index is 6.04. The zero-order valence-electron chi connectivity index (χ0n) is 7.31. The molecule has 0 amide bonds. The minimum absolute atomic E-state index is 0.234. The number of hydrogen-bond acceptors (Lipinski definition) is 1. The molecule has 0 N–H and O–H groups in total. The lowest BCUT2D eigenvalue weighted by Gasteiger charge is -2.05. The Bertz CT molecular complexity index is 336. The van der Waals surface area contributed by atoms with Crippen LogP contribution in [0.25, 0.3) is 0 Å². The molecular formula is C10H10Cl2O. The lowest BCUT2D eigenvalue weighted by atomic mass is 10.1. The Hall–Kier alpha value is -0.400. The molecule has 13 heavy (non-hydrogen) atoms. The summed E-state index contributed by atoms with van der Waals surface area (Å²) in [5.41, 5.74) is 2.23. The van der Waals surface area contributed by atoms with Crippen molar-refractivity contribution in [3.05, 3.63) is 28.3 Å². The van der Waals surface area contributed by atoms with E-state index in [-0.39, 0.29) is 6.10 Å². The van der Waals surface area contributed by atoms with E-state index in [1.807, 2.05) is 13.0 Å². The molecule has 1 atom stereocenters. The average Bonchev–Trinajstić information content (AvgIpc) is 2.46. The van der Waals surface area contributed by atoms with Crippen molar-refractivity contribution < 1.29 is 4.74 Å². The molecule has 3 heteroatoms. The Morgan fingerprint density at radius 3 is 3.00 bits per heavy atom. The van der Waals surface area contributed by atoms with Gasteiger partial charge in [0.2, 0.25) is 0 Å². The van der Waals surface area contributed by atoms with E-state index in [9.17, 15) is 0 Å². The molecule has 0 radical (unpaired) electrons. The van der Waals surface area contributed by atoms with Crippen molar-refractivity contribution >= 4 is 23.2 Å². The van der Waals surface area contributed by atoms with E-state index in [0.29, 0.717) is 10.9 Å². The van der Waals surface area contributed by atoms with Gasteiger partial charge in [-0.3, -0.25) is 0 Å². The Morgan fingerprint density at radius 1 is 1.54 bits per heavy atom. The van der Waals surface area contributed by atoms with Crippen molar-refractivity contribution in [1.82, 2.24) is 0 Å². The minimum atomic E-state index is 0.234. The molecule has 0 spiro atoms. The Kier molecular flexibility index (Phi) is 2.39. The van der Waals surface area contributed by atoms with Crippen LogP contribution in [-0.4, -0.2) is 6.10 Å². The third-order valence-corrected chi connectivity index (χ3v) is 2.75. The summed E-state index contributed by atoms with van der Waals surface area (Å²) in [6, 6.07) is 3.93. The first kappa shape index (κ1) is 9.17. The number of ether oxygens (including phenoxy) is 1. The summed E-state index contributed by atoms with van der Waals surface area (Å²) in [6.07, 6.45) is 1.16. The van der Waals surface area contributed by atoms with Crippen LogP contribution in [0.2, 0.25) is 5.02 Å². The second-order valence-corrected chi connectivity index (χ2v) is 4.01. The molecule has 0 aromatic heterocycles. The molecule has 1 nitrogen and oxygen atoms in total. The van der Waals surface area contributed by atoms with E-state index in [4.69, 9.17) is 27.9 Å². The highest BCUT2D eigenvalue weighted by Gasteiger charge is 2.22. The van der Waals surface area contributed by atoms with Crippen molar-refractivity contribution in [2.24, 2.45) is 0 Å². The second kappa shape index (κ2) is 3.39. The highest BCUT2D eigenvalue weighted by molar-refractivity contribution is 6.32. The average molecular weight is 217 g/mol. The lowest BCUT2D eigenvalue weighted by Crippen LogP contribution is -2.05. The predicted molar refractivity (Wildman–Crippen MR) is 54.8 cm³/mol. The highest BCUT2D eigenvalue weighted by atomic mass is 35.5. The van der Waals surface area contributed by atoms with Gasteiger partial charge in [0.05, 0.1) is 5.02 Å².